The van der Waals surface area contributed by atoms with Gasteiger partial charge in [0.15, 0.2) is 0 Å². The van der Waals surface area contributed by atoms with Gasteiger partial charge in [0, 0.05) is 21.2 Å². The molecule has 1 aliphatic carbocycles. The minimum atomic E-state index is -0.269. The molecule has 1 unspecified atom stereocenters. The van der Waals surface area contributed by atoms with Gasteiger partial charge in [-0.05, 0) is 53.9 Å². The molecule has 1 fully saturated rings. The Balaban J connectivity index is 1.89. The molecule has 0 aromatic heterocycles. The highest BCUT2D eigenvalue weighted by atomic mass is 79.9. The van der Waals surface area contributed by atoms with Gasteiger partial charge in [-0.15, -0.1) is 0 Å². The Morgan fingerprint density at radius 3 is 2.70 bits per heavy atom. The van der Waals surface area contributed by atoms with Crippen LogP contribution in [0.15, 0.2) is 22.7 Å². The molecule has 2 rings (SSSR count). The monoisotopic (exact) mass is 358 g/mol. The summed E-state index contributed by atoms with van der Waals surface area (Å²) < 4.78 is 0.863. The van der Waals surface area contributed by atoms with E-state index in [4.69, 9.17) is 11.6 Å². The van der Waals surface area contributed by atoms with Gasteiger partial charge in [-0.3, -0.25) is 4.79 Å². The Bertz CT molecular complexity index is 475. The molecular formula is C15H20BrClN2O. The van der Waals surface area contributed by atoms with Crippen LogP contribution >= 0.6 is 27.5 Å². The number of carbonyl (C=O) groups is 1. The van der Waals surface area contributed by atoms with Gasteiger partial charge in [0.2, 0.25) is 5.91 Å². The first kappa shape index (κ1) is 15.6. The molecule has 1 aliphatic rings. The van der Waals surface area contributed by atoms with Gasteiger partial charge in [-0.2, -0.15) is 0 Å². The number of carbonyl (C=O) groups excluding carboxylic acids is 1. The maximum Gasteiger partial charge on any atom is 0.242 e. The van der Waals surface area contributed by atoms with Gasteiger partial charge < -0.3 is 10.6 Å². The van der Waals surface area contributed by atoms with E-state index < -0.39 is 0 Å². The molecule has 110 valence electrons. The summed E-state index contributed by atoms with van der Waals surface area (Å²) in [5.74, 6) is 0.0544. The highest BCUT2D eigenvalue weighted by molar-refractivity contribution is 9.10. The maximum absolute atomic E-state index is 12.2. The quantitative estimate of drug-likeness (QED) is 0.839. The summed E-state index contributed by atoms with van der Waals surface area (Å²) in [7, 11) is 0. The molecule has 0 spiro atoms. The lowest BCUT2D eigenvalue weighted by atomic mass is 9.95. The van der Waals surface area contributed by atoms with Crippen molar-refractivity contribution in [1.82, 2.24) is 5.32 Å². The van der Waals surface area contributed by atoms with E-state index in [2.05, 4.69) is 26.6 Å². The SMILES string of the molecule is CC(Nc1ccc(Cl)cc1Br)C(=O)NC1CCCCC1. The highest BCUT2D eigenvalue weighted by Crippen LogP contribution is 2.26. The Morgan fingerprint density at radius 1 is 1.35 bits per heavy atom. The Kier molecular flexibility index (Phi) is 5.73. The second kappa shape index (κ2) is 7.32. The van der Waals surface area contributed by atoms with Crippen molar-refractivity contribution in [2.75, 3.05) is 5.32 Å². The number of halogens is 2. The van der Waals surface area contributed by atoms with Gasteiger partial charge in [0.1, 0.15) is 6.04 Å². The van der Waals surface area contributed by atoms with Crippen molar-refractivity contribution in [2.24, 2.45) is 0 Å². The van der Waals surface area contributed by atoms with Crippen LogP contribution in [0.1, 0.15) is 39.0 Å². The molecule has 20 heavy (non-hydrogen) atoms. The molecule has 0 aliphatic heterocycles. The molecule has 0 heterocycles. The lowest BCUT2D eigenvalue weighted by molar-refractivity contribution is -0.122. The minimum Gasteiger partial charge on any atom is -0.373 e. The third-order valence-corrected chi connectivity index (χ3v) is 4.54. The fraction of sp³-hybridized carbons (Fsp3) is 0.533. The van der Waals surface area contributed by atoms with E-state index in [1.54, 1.807) is 6.07 Å². The Morgan fingerprint density at radius 2 is 2.05 bits per heavy atom. The van der Waals surface area contributed by atoms with Crippen LogP contribution in [0.5, 0.6) is 0 Å². The normalized spacial score (nSPS) is 17.6. The Labute approximate surface area is 133 Å². The zero-order chi connectivity index (χ0) is 14.5. The van der Waals surface area contributed by atoms with E-state index in [1.165, 1.54) is 19.3 Å². The van der Waals surface area contributed by atoms with Gasteiger partial charge in [0.05, 0.1) is 0 Å². The topological polar surface area (TPSA) is 41.1 Å². The van der Waals surface area contributed by atoms with Crippen LogP contribution < -0.4 is 10.6 Å². The molecule has 0 radical (unpaired) electrons. The largest absolute Gasteiger partial charge is 0.373 e. The van der Waals surface area contributed by atoms with Gasteiger partial charge in [-0.25, -0.2) is 0 Å². The highest BCUT2D eigenvalue weighted by Gasteiger charge is 2.19. The van der Waals surface area contributed by atoms with E-state index >= 15 is 0 Å². The number of benzene rings is 1. The number of rotatable bonds is 4. The second-order valence-electron chi connectivity index (χ2n) is 5.33. The van der Waals surface area contributed by atoms with Crippen LogP contribution in [0.25, 0.3) is 0 Å². The van der Waals surface area contributed by atoms with Crippen molar-refractivity contribution in [3.8, 4) is 0 Å². The summed E-state index contributed by atoms with van der Waals surface area (Å²) >= 11 is 9.35. The number of hydrogen-bond acceptors (Lipinski definition) is 2. The fourth-order valence-electron chi connectivity index (χ4n) is 2.48. The minimum absolute atomic E-state index is 0.0544. The van der Waals surface area contributed by atoms with Crippen LogP contribution in [0.3, 0.4) is 0 Å². The number of hydrogen-bond donors (Lipinski definition) is 2. The van der Waals surface area contributed by atoms with E-state index in [0.29, 0.717) is 11.1 Å². The van der Waals surface area contributed by atoms with E-state index in [0.717, 1.165) is 23.0 Å². The molecule has 0 bridgehead atoms. The average Bonchev–Trinajstić information content (AvgIpc) is 2.43. The van der Waals surface area contributed by atoms with Crippen molar-refractivity contribution in [1.29, 1.82) is 0 Å². The maximum atomic E-state index is 12.2. The molecular weight excluding hydrogens is 340 g/mol. The predicted octanol–water partition coefficient (Wildman–Crippen LogP) is 4.35. The summed E-state index contributed by atoms with van der Waals surface area (Å²) in [5.41, 5.74) is 0.876. The summed E-state index contributed by atoms with van der Waals surface area (Å²) in [5, 5.41) is 7.00. The molecule has 1 saturated carbocycles. The number of anilines is 1. The van der Waals surface area contributed by atoms with Crippen molar-refractivity contribution in [2.45, 2.75) is 51.1 Å². The van der Waals surface area contributed by atoms with Crippen molar-refractivity contribution in [3.05, 3.63) is 27.7 Å². The molecule has 2 N–H and O–H groups in total. The zero-order valence-electron chi connectivity index (χ0n) is 11.6. The second-order valence-corrected chi connectivity index (χ2v) is 6.62. The van der Waals surface area contributed by atoms with E-state index in [9.17, 15) is 4.79 Å². The Hall–Kier alpha value is -0.740. The molecule has 1 amide bonds. The van der Waals surface area contributed by atoms with Crippen LogP contribution in [0.2, 0.25) is 5.02 Å². The zero-order valence-corrected chi connectivity index (χ0v) is 13.9. The lowest BCUT2D eigenvalue weighted by Crippen LogP contribution is -2.44. The average molecular weight is 360 g/mol. The smallest absolute Gasteiger partial charge is 0.242 e. The molecule has 0 saturated heterocycles. The summed E-state index contributed by atoms with van der Waals surface area (Å²) in [6.45, 7) is 1.87. The molecule has 1 atom stereocenters. The van der Waals surface area contributed by atoms with Crippen LogP contribution in [0, 0.1) is 0 Å². The summed E-state index contributed by atoms with van der Waals surface area (Å²) in [4.78, 5) is 12.2. The van der Waals surface area contributed by atoms with Gasteiger partial charge in [0.25, 0.3) is 0 Å². The molecule has 5 heteroatoms. The summed E-state index contributed by atoms with van der Waals surface area (Å²) in [6, 6.07) is 5.57. The summed E-state index contributed by atoms with van der Waals surface area (Å²) in [6.07, 6.45) is 5.93. The van der Waals surface area contributed by atoms with E-state index in [1.807, 2.05) is 19.1 Å². The molecule has 3 nitrogen and oxygen atoms in total. The van der Waals surface area contributed by atoms with Crippen LogP contribution in [-0.2, 0) is 4.79 Å². The number of amides is 1. The molecule has 1 aromatic rings. The lowest BCUT2D eigenvalue weighted by Gasteiger charge is -2.25. The van der Waals surface area contributed by atoms with Gasteiger partial charge in [-0.1, -0.05) is 30.9 Å². The van der Waals surface area contributed by atoms with Crippen LogP contribution in [-0.4, -0.2) is 18.0 Å². The third kappa shape index (κ3) is 4.38. The standard InChI is InChI=1S/C15H20BrClN2O/c1-10(15(20)19-12-5-3-2-4-6-12)18-14-8-7-11(17)9-13(14)16/h7-10,12,18H,2-6H2,1H3,(H,19,20). The molecule has 1 aromatic carbocycles. The third-order valence-electron chi connectivity index (χ3n) is 3.65. The first-order valence-electron chi connectivity index (χ1n) is 7.08. The first-order chi connectivity index (χ1) is 9.56. The van der Waals surface area contributed by atoms with Crippen LogP contribution in [0.4, 0.5) is 5.69 Å². The van der Waals surface area contributed by atoms with Crippen molar-refractivity contribution >= 4 is 39.1 Å². The van der Waals surface area contributed by atoms with Gasteiger partial charge >= 0.3 is 0 Å². The number of nitrogens with one attached hydrogen (secondary N) is 2. The van der Waals surface area contributed by atoms with Crippen molar-refractivity contribution < 1.29 is 4.79 Å². The fourth-order valence-corrected chi connectivity index (χ4v) is 3.28. The first-order valence-corrected chi connectivity index (χ1v) is 8.25. The predicted molar refractivity (Wildman–Crippen MR) is 87.3 cm³/mol. The van der Waals surface area contributed by atoms with Crippen molar-refractivity contribution in [3.63, 3.8) is 0 Å². The van der Waals surface area contributed by atoms with E-state index in [-0.39, 0.29) is 11.9 Å².